The fourth-order valence-corrected chi connectivity index (χ4v) is 3.93. The summed E-state index contributed by atoms with van der Waals surface area (Å²) >= 11 is 0. The highest BCUT2D eigenvalue weighted by Crippen LogP contribution is 2.39. The second-order valence-electron chi connectivity index (χ2n) is 6.91. The van der Waals surface area contributed by atoms with Crippen LogP contribution in [0.25, 0.3) is 43.4 Å². The van der Waals surface area contributed by atoms with Crippen molar-refractivity contribution in [1.29, 1.82) is 0 Å². The van der Waals surface area contributed by atoms with Crippen molar-refractivity contribution in [3.63, 3.8) is 0 Å². The number of benzene rings is 5. The number of nitrogens with zero attached hydrogens (tertiary/aromatic N) is 1. The summed E-state index contributed by atoms with van der Waals surface area (Å²) in [4.78, 5) is 2.13. The largest absolute Gasteiger partial charge is 0.378 e. The van der Waals surface area contributed by atoms with Crippen LogP contribution in [0.5, 0.6) is 0 Å². The maximum atomic E-state index is 2.28. The van der Waals surface area contributed by atoms with Crippen molar-refractivity contribution < 1.29 is 0 Å². The first-order valence-electron chi connectivity index (χ1n) is 8.67. The molecule has 0 saturated heterocycles. The van der Waals surface area contributed by atoms with Gasteiger partial charge in [0, 0.05) is 19.8 Å². The monoisotopic (exact) mass is 321 g/mol. The molecule has 0 aromatic heterocycles. The van der Waals surface area contributed by atoms with Gasteiger partial charge in [0.25, 0.3) is 0 Å². The lowest BCUT2D eigenvalue weighted by Crippen LogP contribution is -2.07. The SMILES string of the molecule is CN(C)c1ccc(-c2ccc3ccc4cccc5ccc2c3c45)cc1. The predicted molar refractivity (Wildman–Crippen MR) is 110 cm³/mol. The zero-order valence-corrected chi connectivity index (χ0v) is 14.5. The van der Waals surface area contributed by atoms with E-state index in [-0.39, 0.29) is 0 Å². The Bertz CT molecular complexity index is 1180. The number of anilines is 1. The van der Waals surface area contributed by atoms with E-state index in [1.165, 1.54) is 49.1 Å². The topological polar surface area (TPSA) is 3.24 Å². The lowest BCUT2D eigenvalue weighted by atomic mass is 9.90. The van der Waals surface area contributed by atoms with Crippen molar-refractivity contribution in [2.75, 3.05) is 19.0 Å². The molecule has 0 aliphatic carbocycles. The van der Waals surface area contributed by atoms with Gasteiger partial charge in [-0.25, -0.2) is 0 Å². The van der Waals surface area contributed by atoms with Crippen LogP contribution in [0.2, 0.25) is 0 Å². The summed E-state index contributed by atoms with van der Waals surface area (Å²) in [6, 6.07) is 28.9. The minimum atomic E-state index is 1.22. The molecule has 1 nitrogen and oxygen atoms in total. The van der Waals surface area contributed by atoms with E-state index >= 15 is 0 Å². The quantitative estimate of drug-likeness (QED) is 0.344. The lowest BCUT2D eigenvalue weighted by molar-refractivity contribution is 1.13. The molecule has 0 unspecified atom stereocenters. The van der Waals surface area contributed by atoms with Crippen LogP contribution in [-0.2, 0) is 0 Å². The molecule has 5 aromatic rings. The third-order valence-electron chi connectivity index (χ3n) is 5.22. The molecule has 0 saturated carbocycles. The number of hydrogen-bond acceptors (Lipinski definition) is 1. The minimum absolute atomic E-state index is 1.22. The first-order valence-corrected chi connectivity index (χ1v) is 8.67. The van der Waals surface area contributed by atoms with Gasteiger partial charge in [0.2, 0.25) is 0 Å². The van der Waals surface area contributed by atoms with E-state index < -0.39 is 0 Å². The van der Waals surface area contributed by atoms with Crippen LogP contribution in [0.3, 0.4) is 0 Å². The molecule has 0 aliphatic rings. The molecular formula is C24H19N. The maximum absolute atomic E-state index is 2.28. The molecule has 0 spiro atoms. The molecule has 0 atom stereocenters. The van der Waals surface area contributed by atoms with Crippen LogP contribution >= 0.6 is 0 Å². The molecule has 1 heteroatoms. The van der Waals surface area contributed by atoms with Gasteiger partial charge in [-0.1, -0.05) is 66.7 Å². The zero-order chi connectivity index (χ0) is 17.0. The van der Waals surface area contributed by atoms with Gasteiger partial charge in [-0.05, 0) is 55.6 Å². The van der Waals surface area contributed by atoms with E-state index in [0.29, 0.717) is 0 Å². The van der Waals surface area contributed by atoms with Crippen LogP contribution in [-0.4, -0.2) is 14.1 Å². The summed E-state index contributed by atoms with van der Waals surface area (Å²) in [6.07, 6.45) is 0. The summed E-state index contributed by atoms with van der Waals surface area (Å²) in [5.41, 5.74) is 3.79. The normalized spacial score (nSPS) is 11.6. The molecule has 5 aromatic carbocycles. The van der Waals surface area contributed by atoms with E-state index in [0.717, 1.165) is 0 Å². The second-order valence-corrected chi connectivity index (χ2v) is 6.91. The molecule has 0 heterocycles. The van der Waals surface area contributed by atoms with Crippen LogP contribution in [0.1, 0.15) is 0 Å². The Labute approximate surface area is 147 Å². The molecule has 0 bridgehead atoms. The molecule has 5 rings (SSSR count). The van der Waals surface area contributed by atoms with Gasteiger partial charge < -0.3 is 4.90 Å². The Morgan fingerprint density at radius 1 is 0.560 bits per heavy atom. The average Bonchev–Trinajstić information content (AvgIpc) is 2.66. The standard InChI is InChI=1S/C24H19N/c1-25(2)20-12-8-16(9-13-20)21-14-10-19-7-6-17-4-3-5-18-11-15-22(21)24(19)23(17)18/h3-15H,1-2H3. The average molecular weight is 321 g/mol. The summed E-state index contributed by atoms with van der Waals surface area (Å²) < 4.78 is 0. The van der Waals surface area contributed by atoms with Crippen LogP contribution in [0, 0.1) is 0 Å². The molecule has 0 N–H and O–H groups in total. The van der Waals surface area contributed by atoms with Crippen LogP contribution in [0.4, 0.5) is 5.69 Å². The molecule has 120 valence electrons. The highest BCUT2D eigenvalue weighted by atomic mass is 15.1. The second kappa shape index (κ2) is 5.22. The van der Waals surface area contributed by atoms with Crippen LogP contribution in [0.15, 0.2) is 78.9 Å². The molecular weight excluding hydrogens is 302 g/mol. The summed E-state index contributed by atoms with van der Waals surface area (Å²) in [5, 5.41) is 8.04. The summed E-state index contributed by atoms with van der Waals surface area (Å²) in [6.45, 7) is 0. The Kier molecular flexibility index (Phi) is 2.98. The molecule has 0 radical (unpaired) electrons. The highest BCUT2D eigenvalue weighted by molar-refractivity contribution is 6.25. The van der Waals surface area contributed by atoms with Crippen molar-refractivity contribution >= 4 is 38.0 Å². The fourth-order valence-electron chi connectivity index (χ4n) is 3.93. The zero-order valence-electron chi connectivity index (χ0n) is 14.5. The van der Waals surface area contributed by atoms with Gasteiger partial charge in [-0.2, -0.15) is 0 Å². The Balaban J connectivity index is 1.84. The summed E-state index contributed by atoms with van der Waals surface area (Å²) in [5.74, 6) is 0. The van der Waals surface area contributed by atoms with Gasteiger partial charge in [0.1, 0.15) is 0 Å². The van der Waals surface area contributed by atoms with E-state index in [9.17, 15) is 0 Å². The van der Waals surface area contributed by atoms with Gasteiger partial charge in [0.05, 0.1) is 0 Å². The van der Waals surface area contributed by atoms with E-state index in [4.69, 9.17) is 0 Å². The molecule has 0 aliphatic heterocycles. The molecule has 25 heavy (non-hydrogen) atoms. The Hall–Kier alpha value is -3.06. The van der Waals surface area contributed by atoms with Crippen molar-refractivity contribution in [3.8, 4) is 11.1 Å². The molecule has 0 fully saturated rings. The van der Waals surface area contributed by atoms with E-state index in [2.05, 4.69) is 97.9 Å². The van der Waals surface area contributed by atoms with Gasteiger partial charge in [-0.15, -0.1) is 0 Å². The number of rotatable bonds is 2. The van der Waals surface area contributed by atoms with Gasteiger partial charge in [-0.3, -0.25) is 0 Å². The Morgan fingerprint density at radius 2 is 1.16 bits per heavy atom. The first-order chi connectivity index (χ1) is 12.2. The summed E-state index contributed by atoms with van der Waals surface area (Å²) in [7, 11) is 4.15. The van der Waals surface area contributed by atoms with Crippen LogP contribution < -0.4 is 4.90 Å². The van der Waals surface area contributed by atoms with Gasteiger partial charge >= 0.3 is 0 Å². The van der Waals surface area contributed by atoms with Crippen molar-refractivity contribution in [2.45, 2.75) is 0 Å². The third-order valence-corrected chi connectivity index (χ3v) is 5.22. The van der Waals surface area contributed by atoms with E-state index in [1.54, 1.807) is 0 Å². The van der Waals surface area contributed by atoms with Gasteiger partial charge in [0.15, 0.2) is 0 Å². The van der Waals surface area contributed by atoms with Crippen molar-refractivity contribution in [2.24, 2.45) is 0 Å². The Morgan fingerprint density at radius 3 is 1.84 bits per heavy atom. The minimum Gasteiger partial charge on any atom is -0.378 e. The van der Waals surface area contributed by atoms with Crippen molar-refractivity contribution in [1.82, 2.24) is 0 Å². The number of hydrogen-bond donors (Lipinski definition) is 0. The molecule has 0 amide bonds. The fraction of sp³-hybridized carbons (Fsp3) is 0.0833. The highest BCUT2D eigenvalue weighted by Gasteiger charge is 2.11. The predicted octanol–water partition coefficient (Wildman–Crippen LogP) is 6.32. The smallest absolute Gasteiger partial charge is 0.0361 e. The van der Waals surface area contributed by atoms with E-state index in [1.807, 2.05) is 0 Å². The van der Waals surface area contributed by atoms with Crippen molar-refractivity contribution in [3.05, 3.63) is 78.9 Å². The maximum Gasteiger partial charge on any atom is 0.0361 e. The first kappa shape index (κ1) is 14.3. The third kappa shape index (κ3) is 2.09. The lowest BCUT2D eigenvalue weighted by Gasteiger charge is -2.15.